The smallest absolute Gasteiger partial charge is 0.139 e. The van der Waals surface area contributed by atoms with E-state index in [1.54, 1.807) is 17.4 Å². The fourth-order valence-electron chi connectivity index (χ4n) is 2.01. The van der Waals surface area contributed by atoms with Crippen molar-refractivity contribution in [2.24, 2.45) is 0 Å². The van der Waals surface area contributed by atoms with Crippen molar-refractivity contribution in [1.82, 2.24) is 9.55 Å². The Balaban J connectivity index is 2.39. The van der Waals surface area contributed by atoms with Gasteiger partial charge in [-0.1, -0.05) is 0 Å². The number of imidazole rings is 1. The van der Waals surface area contributed by atoms with Gasteiger partial charge in [0.2, 0.25) is 0 Å². The Kier molecular flexibility index (Phi) is 3.37. The molecule has 0 aliphatic carbocycles. The number of halogens is 3. The van der Waals surface area contributed by atoms with Crippen molar-refractivity contribution in [1.29, 1.82) is 0 Å². The summed E-state index contributed by atoms with van der Waals surface area (Å²) >= 11 is 11.0. The van der Waals surface area contributed by atoms with Gasteiger partial charge < -0.3 is 0 Å². The molecule has 19 heavy (non-hydrogen) atoms. The molecular weight excluding hydrogens is 351 g/mol. The third kappa shape index (κ3) is 2.20. The summed E-state index contributed by atoms with van der Waals surface area (Å²) in [6.07, 6.45) is 0. The number of fused-ring (bicyclic) bond motifs is 1. The summed E-state index contributed by atoms with van der Waals surface area (Å²) in [5.41, 5.74) is 2.44. The van der Waals surface area contributed by atoms with Gasteiger partial charge in [0.05, 0.1) is 26.6 Å². The number of hydrogen-bond acceptors (Lipinski definition) is 2. The lowest BCUT2D eigenvalue weighted by Crippen LogP contribution is -2.00. The zero-order valence-corrected chi connectivity index (χ0v) is 13.1. The van der Waals surface area contributed by atoms with Crippen LogP contribution < -0.4 is 0 Å². The van der Waals surface area contributed by atoms with Gasteiger partial charge in [-0.15, -0.1) is 11.6 Å². The second-order valence-corrected chi connectivity index (χ2v) is 6.45. The molecule has 6 heteroatoms. The molecule has 0 bridgehead atoms. The largest absolute Gasteiger partial charge is 0.294 e. The Labute approximate surface area is 127 Å². The monoisotopic (exact) mass is 358 g/mol. The Morgan fingerprint density at radius 1 is 1.47 bits per heavy atom. The maximum absolute atomic E-state index is 13.6. The Hall–Kier alpha value is -0.910. The fourth-order valence-corrected chi connectivity index (χ4v) is 3.11. The van der Waals surface area contributed by atoms with E-state index in [0.29, 0.717) is 15.8 Å². The molecule has 2 nitrogen and oxygen atoms in total. The number of aromatic nitrogens is 2. The molecule has 0 fully saturated rings. The molecule has 98 valence electrons. The number of alkyl halides is 1. The van der Waals surface area contributed by atoms with E-state index in [2.05, 4.69) is 20.9 Å². The van der Waals surface area contributed by atoms with E-state index >= 15 is 0 Å². The van der Waals surface area contributed by atoms with Gasteiger partial charge in [0.15, 0.2) is 0 Å². The first-order chi connectivity index (χ1) is 9.08. The lowest BCUT2D eigenvalue weighted by molar-refractivity contribution is 0.623. The summed E-state index contributed by atoms with van der Waals surface area (Å²) in [5, 5.41) is 3.75. The first-order valence-corrected chi connectivity index (χ1v) is 7.79. The van der Waals surface area contributed by atoms with E-state index in [-0.39, 0.29) is 11.2 Å². The highest BCUT2D eigenvalue weighted by molar-refractivity contribution is 9.10. The minimum absolute atomic E-state index is 0.255. The molecule has 0 spiro atoms. The molecule has 0 saturated heterocycles. The number of rotatable bonds is 2. The van der Waals surface area contributed by atoms with Crippen molar-refractivity contribution >= 4 is 49.9 Å². The van der Waals surface area contributed by atoms with Crippen LogP contribution in [0, 0.1) is 5.82 Å². The second-order valence-electron chi connectivity index (χ2n) is 4.16. The molecule has 1 unspecified atom stereocenters. The van der Waals surface area contributed by atoms with Crippen LogP contribution in [0.4, 0.5) is 4.39 Å². The van der Waals surface area contributed by atoms with Crippen molar-refractivity contribution < 1.29 is 4.39 Å². The summed E-state index contributed by atoms with van der Waals surface area (Å²) in [7, 11) is 0. The van der Waals surface area contributed by atoms with Crippen LogP contribution in [0.5, 0.6) is 0 Å². The van der Waals surface area contributed by atoms with Gasteiger partial charge in [0.25, 0.3) is 0 Å². The fraction of sp³-hybridized carbons (Fsp3) is 0.154. The molecule has 0 amide bonds. The minimum atomic E-state index is -0.323. The van der Waals surface area contributed by atoms with Gasteiger partial charge in [-0.25, -0.2) is 9.37 Å². The van der Waals surface area contributed by atoms with Crippen LogP contribution in [-0.4, -0.2) is 9.55 Å². The molecule has 1 aromatic carbocycles. The first kappa shape index (κ1) is 13.1. The van der Waals surface area contributed by atoms with Crippen molar-refractivity contribution in [2.75, 3.05) is 0 Å². The normalized spacial score (nSPS) is 13.1. The van der Waals surface area contributed by atoms with E-state index in [0.717, 1.165) is 11.2 Å². The van der Waals surface area contributed by atoms with Gasteiger partial charge >= 0.3 is 0 Å². The van der Waals surface area contributed by atoms with Crippen LogP contribution in [0.3, 0.4) is 0 Å². The van der Waals surface area contributed by atoms with Gasteiger partial charge in [-0.2, -0.15) is 11.3 Å². The van der Waals surface area contributed by atoms with Crippen LogP contribution in [0.1, 0.15) is 18.1 Å². The predicted molar refractivity (Wildman–Crippen MR) is 80.9 cm³/mol. The molecule has 0 aliphatic rings. The zero-order valence-electron chi connectivity index (χ0n) is 9.90. The topological polar surface area (TPSA) is 17.8 Å². The molecule has 2 heterocycles. The summed E-state index contributed by atoms with van der Waals surface area (Å²) in [5.74, 6) is 0.392. The average Bonchev–Trinajstić information content (AvgIpc) is 2.96. The molecule has 0 radical (unpaired) electrons. The number of benzene rings is 1. The number of hydrogen-bond donors (Lipinski definition) is 0. The number of nitrogens with zero attached hydrogens (tertiary/aromatic N) is 2. The molecular formula is C13H9BrClFN2S. The summed E-state index contributed by atoms with van der Waals surface area (Å²) in [6.45, 7) is 1.86. The zero-order chi connectivity index (χ0) is 13.6. The van der Waals surface area contributed by atoms with Crippen molar-refractivity contribution in [3.63, 3.8) is 0 Å². The van der Waals surface area contributed by atoms with E-state index in [1.807, 2.05) is 28.3 Å². The first-order valence-electron chi connectivity index (χ1n) is 5.62. The molecule has 3 aromatic rings. The van der Waals surface area contributed by atoms with Crippen molar-refractivity contribution in [2.45, 2.75) is 12.3 Å². The Morgan fingerprint density at radius 3 is 2.89 bits per heavy atom. The van der Waals surface area contributed by atoms with E-state index in [1.165, 1.54) is 6.07 Å². The van der Waals surface area contributed by atoms with Crippen molar-refractivity contribution in [3.8, 4) is 5.69 Å². The summed E-state index contributed by atoms with van der Waals surface area (Å²) in [6, 6.07) is 5.15. The highest BCUT2D eigenvalue weighted by Gasteiger charge is 2.18. The third-order valence-electron chi connectivity index (χ3n) is 2.84. The Bertz CT molecular complexity index is 737. The molecule has 2 aromatic heterocycles. The molecule has 1 atom stereocenters. The predicted octanol–water partition coefficient (Wildman–Crippen LogP) is 5.29. The van der Waals surface area contributed by atoms with E-state index in [4.69, 9.17) is 11.6 Å². The van der Waals surface area contributed by atoms with Crippen LogP contribution in [-0.2, 0) is 0 Å². The van der Waals surface area contributed by atoms with Crippen LogP contribution in [0.15, 0.2) is 33.4 Å². The average molecular weight is 360 g/mol. The Morgan fingerprint density at radius 2 is 2.26 bits per heavy atom. The number of thiophene rings is 1. The quantitative estimate of drug-likeness (QED) is 0.569. The molecule has 3 rings (SSSR count). The standard InChI is InChI=1S/C13H9BrClFN2S/c1-7(15)13-17-11-5-10(16)9(14)4-12(11)18(13)8-2-3-19-6-8/h2-7H,1H3. The summed E-state index contributed by atoms with van der Waals surface area (Å²) < 4.78 is 16.0. The molecule has 0 aliphatic heterocycles. The highest BCUT2D eigenvalue weighted by atomic mass is 79.9. The lowest BCUT2D eigenvalue weighted by Gasteiger charge is -2.08. The van der Waals surface area contributed by atoms with Crippen LogP contribution in [0.25, 0.3) is 16.7 Å². The second kappa shape index (κ2) is 4.89. The minimum Gasteiger partial charge on any atom is -0.294 e. The van der Waals surface area contributed by atoms with E-state index in [9.17, 15) is 4.39 Å². The van der Waals surface area contributed by atoms with E-state index < -0.39 is 0 Å². The maximum Gasteiger partial charge on any atom is 0.139 e. The SMILES string of the molecule is CC(Cl)c1nc2cc(F)c(Br)cc2n1-c1ccsc1. The molecule has 0 saturated carbocycles. The van der Waals surface area contributed by atoms with Crippen LogP contribution in [0.2, 0.25) is 0 Å². The highest BCUT2D eigenvalue weighted by Crippen LogP contribution is 2.31. The van der Waals surface area contributed by atoms with Gasteiger partial charge in [-0.3, -0.25) is 4.57 Å². The maximum atomic E-state index is 13.6. The van der Waals surface area contributed by atoms with Gasteiger partial charge in [0, 0.05) is 11.4 Å². The summed E-state index contributed by atoms with van der Waals surface area (Å²) in [4.78, 5) is 4.44. The van der Waals surface area contributed by atoms with Crippen LogP contribution >= 0.6 is 38.9 Å². The van der Waals surface area contributed by atoms with Gasteiger partial charge in [0.1, 0.15) is 11.6 Å². The molecule has 0 N–H and O–H groups in total. The van der Waals surface area contributed by atoms with Gasteiger partial charge in [-0.05, 0) is 40.4 Å². The van der Waals surface area contributed by atoms with Crippen molar-refractivity contribution in [3.05, 3.63) is 45.1 Å². The third-order valence-corrected chi connectivity index (χ3v) is 4.32. The lowest BCUT2D eigenvalue weighted by atomic mass is 10.3.